The number of rotatable bonds is 6. The molecule has 1 fully saturated rings. The van der Waals surface area contributed by atoms with E-state index in [4.69, 9.17) is 4.74 Å². The standard InChI is InChI=1S/C22H27N3O5S/c1-16-3-6-19(15-17(16)2)24-22(27)21(26)23-10-9-18-4-7-20(8-5-18)31(28,29)25-11-13-30-14-12-25/h3-8,15H,9-14H2,1-2H3,(H,23,26)(H,24,27). The third-order valence-corrected chi connectivity index (χ3v) is 7.11. The molecule has 1 aliphatic rings. The largest absolute Gasteiger partial charge is 0.379 e. The molecule has 0 saturated carbocycles. The number of nitrogens with one attached hydrogen (secondary N) is 2. The Morgan fingerprint density at radius 1 is 0.968 bits per heavy atom. The normalized spacial score (nSPS) is 14.8. The van der Waals surface area contributed by atoms with Crippen molar-refractivity contribution in [2.24, 2.45) is 0 Å². The number of amides is 2. The summed E-state index contributed by atoms with van der Waals surface area (Å²) in [5.41, 5.74) is 3.56. The third kappa shape index (κ3) is 5.90. The molecule has 2 N–H and O–H groups in total. The smallest absolute Gasteiger partial charge is 0.313 e. The first-order chi connectivity index (χ1) is 14.8. The van der Waals surface area contributed by atoms with E-state index in [0.29, 0.717) is 38.4 Å². The second kappa shape index (κ2) is 10.0. The van der Waals surface area contributed by atoms with Crippen molar-refractivity contribution >= 4 is 27.5 Å². The summed E-state index contributed by atoms with van der Waals surface area (Å²) in [5, 5.41) is 5.16. The SMILES string of the molecule is Cc1ccc(NC(=O)C(=O)NCCc2ccc(S(=O)(=O)N3CCOCC3)cc2)cc1C. The van der Waals surface area contributed by atoms with Gasteiger partial charge in [-0.25, -0.2) is 8.42 Å². The molecule has 0 bridgehead atoms. The van der Waals surface area contributed by atoms with E-state index in [-0.39, 0.29) is 11.4 Å². The molecule has 2 aromatic rings. The Labute approximate surface area is 182 Å². The van der Waals surface area contributed by atoms with Crippen molar-refractivity contribution in [1.82, 2.24) is 9.62 Å². The molecule has 8 nitrogen and oxygen atoms in total. The number of hydrogen-bond acceptors (Lipinski definition) is 5. The molecule has 0 unspecified atom stereocenters. The average Bonchev–Trinajstić information content (AvgIpc) is 2.77. The van der Waals surface area contributed by atoms with E-state index >= 15 is 0 Å². The number of aryl methyl sites for hydroxylation is 2. The lowest BCUT2D eigenvalue weighted by atomic mass is 10.1. The highest BCUT2D eigenvalue weighted by Gasteiger charge is 2.26. The maximum Gasteiger partial charge on any atom is 0.313 e. The van der Waals surface area contributed by atoms with Crippen LogP contribution in [-0.2, 0) is 30.8 Å². The van der Waals surface area contributed by atoms with Crippen LogP contribution in [0.1, 0.15) is 16.7 Å². The Bertz CT molecular complexity index is 1050. The number of nitrogens with zero attached hydrogens (tertiary/aromatic N) is 1. The summed E-state index contributed by atoms with van der Waals surface area (Å²) in [5.74, 6) is -1.44. The first kappa shape index (κ1) is 22.9. The van der Waals surface area contributed by atoms with Crippen LogP contribution in [0.4, 0.5) is 5.69 Å². The monoisotopic (exact) mass is 445 g/mol. The van der Waals surface area contributed by atoms with E-state index < -0.39 is 21.8 Å². The van der Waals surface area contributed by atoms with Gasteiger partial charge in [-0.2, -0.15) is 4.31 Å². The summed E-state index contributed by atoms with van der Waals surface area (Å²) >= 11 is 0. The lowest BCUT2D eigenvalue weighted by Crippen LogP contribution is -2.40. The predicted octanol–water partition coefficient (Wildman–Crippen LogP) is 1.62. The fourth-order valence-electron chi connectivity index (χ4n) is 3.17. The molecule has 1 aliphatic heterocycles. The molecule has 1 saturated heterocycles. The van der Waals surface area contributed by atoms with Crippen LogP contribution >= 0.6 is 0 Å². The maximum atomic E-state index is 12.6. The van der Waals surface area contributed by atoms with Gasteiger partial charge in [-0.1, -0.05) is 18.2 Å². The van der Waals surface area contributed by atoms with Crippen molar-refractivity contribution in [3.8, 4) is 0 Å². The molecule has 0 radical (unpaired) electrons. The molecule has 1 heterocycles. The van der Waals surface area contributed by atoms with Gasteiger partial charge in [0, 0.05) is 25.3 Å². The van der Waals surface area contributed by atoms with E-state index in [9.17, 15) is 18.0 Å². The van der Waals surface area contributed by atoms with Crippen LogP contribution in [0.3, 0.4) is 0 Å². The van der Waals surface area contributed by atoms with Crippen molar-refractivity contribution in [2.75, 3.05) is 38.2 Å². The third-order valence-electron chi connectivity index (χ3n) is 5.20. The number of sulfonamides is 1. The minimum Gasteiger partial charge on any atom is -0.379 e. The highest BCUT2D eigenvalue weighted by atomic mass is 32.2. The van der Waals surface area contributed by atoms with Crippen LogP contribution in [0, 0.1) is 13.8 Å². The molecule has 0 atom stereocenters. The van der Waals surface area contributed by atoms with Gasteiger partial charge in [0.05, 0.1) is 18.1 Å². The quantitative estimate of drug-likeness (QED) is 0.658. The fraction of sp³-hybridized carbons (Fsp3) is 0.364. The van der Waals surface area contributed by atoms with Gasteiger partial charge in [0.2, 0.25) is 10.0 Å². The van der Waals surface area contributed by atoms with Crippen molar-refractivity contribution in [2.45, 2.75) is 25.2 Å². The van der Waals surface area contributed by atoms with E-state index in [0.717, 1.165) is 16.7 Å². The number of ether oxygens (including phenoxy) is 1. The number of benzene rings is 2. The molecule has 0 aromatic heterocycles. The predicted molar refractivity (Wildman–Crippen MR) is 117 cm³/mol. The molecule has 9 heteroatoms. The molecule has 0 spiro atoms. The van der Waals surface area contributed by atoms with Crippen LogP contribution in [0.5, 0.6) is 0 Å². The van der Waals surface area contributed by atoms with E-state index in [1.54, 1.807) is 30.3 Å². The van der Waals surface area contributed by atoms with Crippen molar-refractivity contribution in [3.63, 3.8) is 0 Å². The Kier molecular flexibility index (Phi) is 7.42. The summed E-state index contributed by atoms with van der Waals surface area (Å²) in [6, 6.07) is 12.0. The summed E-state index contributed by atoms with van der Waals surface area (Å²) in [6.07, 6.45) is 0.473. The van der Waals surface area contributed by atoms with E-state index in [1.807, 2.05) is 26.0 Å². The van der Waals surface area contributed by atoms with Gasteiger partial charge >= 0.3 is 11.8 Å². The lowest BCUT2D eigenvalue weighted by Gasteiger charge is -2.26. The molecule has 166 valence electrons. The topological polar surface area (TPSA) is 105 Å². The van der Waals surface area contributed by atoms with Gasteiger partial charge in [-0.3, -0.25) is 9.59 Å². The van der Waals surface area contributed by atoms with Gasteiger partial charge in [0.15, 0.2) is 0 Å². The van der Waals surface area contributed by atoms with Crippen LogP contribution in [-0.4, -0.2) is 57.4 Å². The Balaban J connectivity index is 1.49. The lowest BCUT2D eigenvalue weighted by molar-refractivity contribution is -0.136. The maximum absolute atomic E-state index is 12.6. The zero-order valence-corrected chi connectivity index (χ0v) is 18.5. The molecular weight excluding hydrogens is 418 g/mol. The van der Waals surface area contributed by atoms with Crippen LogP contribution < -0.4 is 10.6 Å². The zero-order chi connectivity index (χ0) is 22.4. The summed E-state index contributed by atoms with van der Waals surface area (Å²) in [7, 11) is -3.53. The Hall–Kier alpha value is -2.75. The molecule has 2 aromatic carbocycles. The minimum atomic E-state index is -3.53. The van der Waals surface area contributed by atoms with Crippen LogP contribution in [0.25, 0.3) is 0 Å². The van der Waals surface area contributed by atoms with Crippen LogP contribution in [0.2, 0.25) is 0 Å². The summed E-state index contributed by atoms with van der Waals surface area (Å²) < 4.78 is 31.9. The highest BCUT2D eigenvalue weighted by Crippen LogP contribution is 2.18. The van der Waals surface area contributed by atoms with E-state index in [2.05, 4.69) is 10.6 Å². The zero-order valence-electron chi connectivity index (χ0n) is 17.7. The Morgan fingerprint density at radius 3 is 2.29 bits per heavy atom. The fourth-order valence-corrected chi connectivity index (χ4v) is 4.58. The second-order valence-electron chi connectivity index (χ2n) is 7.42. The highest BCUT2D eigenvalue weighted by molar-refractivity contribution is 7.89. The molecule has 2 amide bonds. The summed E-state index contributed by atoms with van der Waals surface area (Å²) in [4.78, 5) is 24.3. The molecule has 0 aliphatic carbocycles. The van der Waals surface area contributed by atoms with Crippen molar-refractivity contribution in [1.29, 1.82) is 0 Å². The van der Waals surface area contributed by atoms with Gasteiger partial charge in [0.25, 0.3) is 0 Å². The second-order valence-corrected chi connectivity index (χ2v) is 9.36. The van der Waals surface area contributed by atoms with Crippen molar-refractivity contribution in [3.05, 3.63) is 59.2 Å². The molecular formula is C22H27N3O5S. The van der Waals surface area contributed by atoms with Gasteiger partial charge in [-0.05, 0) is 61.2 Å². The average molecular weight is 446 g/mol. The first-order valence-electron chi connectivity index (χ1n) is 10.1. The summed E-state index contributed by atoms with van der Waals surface area (Å²) in [6.45, 7) is 5.65. The van der Waals surface area contributed by atoms with Gasteiger partial charge in [0.1, 0.15) is 0 Å². The number of carbonyl (C=O) groups is 2. The molecule has 3 rings (SSSR count). The number of anilines is 1. The van der Waals surface area contributed by atoms with Gasteiger partial charge < -0.3 is 15.4 Å². The van der Waals surface area contributed by atoms with Gasteiger partial charge in [-0.15, -0.1) is 0 Å². The van der Waals surface area contributed by atoms with Crippen LogP contribution in [0.15, 0.2) is 47.4 Å². The Morgan fingerprint density at radius 2 is 1.65 bits per heavy atom. The first-order valence-corrected chi connectivity index (χ1v) is 11.5. The number of morpholine rings is 1. The van der Waals surface area contributed by atoms with E-state index in [1.165, 1.54) is 4.31 Å². The number of hydrogen-bond donors (Lipinski definition) is 2. The minimum absolute atomic E-state index is 0.231. The molecule has 31 heavy (non-hydrogen) atoms. The number of carbonyl (C=O) groups excluding carboxylic acids is 2. The van der Waals surface area contributed by atoms with Crippen molar-refractivity contribution < 1.29 is 22.7 Å².